The van der Waals surface area contributed by atoms with Crippen LogP contribution in [0.3, 0.4) is 0 Å². The molecule has 144 valence electrons. The van der Waals surface area contributed by atoms with Crippen LogP contribution in [0.2, 0.25) is 0 Å². The van der Waals surface area contributed by atoms with Crippen molar-refractivity contribution in [2.45, 2.75) is 90.3 Å². The highest BCUT2D eigenvalue weighted by atomic mass is 32.2. The van der Waals surface area contributed by atoms with Crippen molar-refractivity contribution in [3.05, 3.63) is 5.82 Å². The van der Waals surface area contributed by atoms with E-state index in [-0.39, 0.29) is 0 Å². The van der Waals surface area contributed by atoms with Crippen molar-refractivity contribution in [1.29, 1.82) is 0 Å². The molecule has 2 N–H and O–H groups in total. The standard InChI is InChI=1S/C19H37N5S/c1-5-6-7-8-9-10-11-12-15-25-19-23-17(4)22-18(24-19)21-14-13-20-16(2)3/h16,20H,5-15H2,1-4H3,(H,21,22,23,24). The second kappa shape index (κ2) is 14.3. The molecule has 1 aromatic heterocycles. The summed E-state index contributed by atoms with van der Waals surface area (Å²) in [7, 11) is 0. The van der Waals surface area contributed by atoms with Crippen LogP contribution in [0, 0.1) is 6.92 Å². The average molecular weight is 368 g/mol. The van der Waals surface area contributed by atoms with Gasteiger partial charge in [-0.2, -0.15) is 9.97 Å². The van der Waals surface area contributed by atoms with Crippen LogP contribution in [0.1, 0.15) is 78.0 Å². The summed E-state index contributed by atoms with van der Waals surface area (Å²) in [5, 5.41) is 7.50. The van der Waals surface area contributed by atoms with E-state index >= 15 is 0 Å². The minimum absolute atomic E-state index is 0.500. The lowest BCUT2D eigenvalue weighted by atomic mass is 10.1. The zero-order chi connectivity index (χ0) is 18.3. The molecule has 0 saturated carbocycles. The van der Waals surface area contributed by atoms with Crippen LogP contribution >= 0.6 is 11.8 Å². The molecule has 0 aliphatic carbocycles. The Labute approximate surface area is 158 Å². The van der Waals surface area contributed by atoms with Gasteiger partial charge in [-0.25, -0.2) is 4.98 Å². The Kier molecular flexibility index (Phi) is 12.7. The molecule has 0 fully saturated rings. The number of nitrogens with one attached hydrogen (secondary N) is 2. The number of hydrogen-bond acceptors (Lipinski definition) is 6. The van der Waals surface area contributed by atoms with Crippen molar-refractivity contribution < 1.29 is 0 Å². The van der Waals surface area contributed by atoms with Gasteiger partial charge in [-0.3, -0.25) is 0 Å². The first kappa shape index (κ1) is 22.2. The Morgan fingerprint density at radius 1 is 0.880 bits per heavy atom. The fourth-order valence-electron chi connectivity index (χ4n) is 2.54. The van der Waals surface area contributed by atoms with Crippen LogP contribution in [0.15, 0.2) is 5.16 Å². The molecule has 0 aliphatic rings. The Morgan fingerprint density at radius 2 is 1.56 bits per heavy atom. The molecular formula is C19H37N5S. The number of hydrogen-bond donors (Lipinski definition) is 2. The topological polar surface area (TPSA) is 62.7 Å². The van der Waals surface area contributed by atoms with Gasteiger partial charge in [0.05, 0.1) is 0 Å². The third-order valence-corrected chi connectivity index (χ3v) is 4.85. The molecule has 0 unspecified atom stereocenters. The predicted octanol–water partition coefficient (Wildman–Crippen LogP) is 4.82. The van der Waals surface area contributed by atoms with E-state index in [1.807, 2.05) is 6.92 Å². The van der Waals surface area contributed by atoms with Gasteiger partial charge in [-0.05, 0) is 13.3 Å². The fraction of sp³-hybridized carbons (Fsp3) is 0.842. The summed E-state index contributed by atoms with van der Waals surface area (Å²) < 4.78 is 0. The summed E-state index contributed by atoms with van der Waals surface area (Å²) in [6.07, 6.45) is 10.8. The third kappa shape index (κ3) is 12.2. The molecule has 0 radical (unpaired) electrons. The molecular weight excluding hydrogens is 330 g/mol. The summed E-state index contributed by atoms with van der Waals surface area (Å²) in [5.41, 5.74) is 0. The van der Waals surface area contributed by atoms with Crippen LogP contribution in [0.4, 0.5) is 5.95 Å². The molecule has 0 saturated heterocycles. The normalized spacial score (nSPS) is 11.2. The molecule has 5 nitrogen and oxygen atoms in total. The maximum Gasteiger partial charge on any atom is 0.226 e. The summed E-state index contributed by atoms with van der Waals surface area (Å²) in [4.78, 5) is 13.3. The quantitative estimate of drug-likeness (QED) is 0.342. The van der Waals surface area contributed by atoms with E-state index in [0.29, 0.717) is 12.0 Å². The van der Waals surface area contributed by atoms with Gasteiger partial charge < -0.3 is 10.6 Å². The fourth-order valence-corrected chi connectivity index (χ4v) is 3.41. The van der Waals surface area contributed by atoms with E-state index in [9.17, 15) is 0 Å². The highest BCUT2D eigenvalue weighted by Crippen LogP contribution is 2.17. The highest BCUT2D eigenvalue weighted by Gasteiger charge is 2.04. The Hall–Kier alpha value is -0.880. The largest absolute Gasteiger partial charge is 0.353 e. The van der Waals surface area contributed by atoms with Crippen molar-refractivity contribution in [3.63, 3.8) is 0 Å². The van der Waals surface area contributed by atoms with E-state index in [1.54, 1.807) is 11.8 Å². The molecule has 1 heterocycles. The van der Waals surface area contributed by atoms with E-state index in [2.05, 4.69) is 46.4 Å². The van der Waals surface area contributed by atoms with Gasteiger partial charge in [0.1, 0.15) is 5.82 Å². The van der Waals surface area contributed by atoms with Crippen molar-refractivity contribution in [1.82, 2.24) is 20.3 Å². The second-order valence-corrected chi connectivity index (χ2v) is 7.91. The van der Waals surface area contributed by atoms with E-state index in [4.69, 9.17) is 0 Å². The molecule has 1 aromatic rings. The third-order valence-electron chi connectivity index (χ3n) is 3.92. The number of thioether (sulfide) groups is 1. The van der Waals surface area contributed by atoms with Gasteiger partial charge in [-0.1, -0.05) is 77.5 Å². The zero-order valence-electron chi connectivity index (χ0n) is 16.6. The maximum absolute atomic E-state index is 4.52. The maximum atomic E-state index is 4.52. The molecule has 1 rings (SSSR count). The van der Waals surface area contributed by atoms with Crippen LogP contribution in [0.5, 0.6) is 0 Å². The van der Waals surface area contributed by atoms with E-state index < -0.39 is 0 Å². The first-order valence-corrected chi connectivity index (χ1v) is 10.9. The molecule has 25 heavy (non-hydrogen) atoms. The van der Waals surface area contributed by atoms with Gasteiger partial charge in [0, 0.05) is 24.9 Å². The number of nitrogens with zero attached hydrogens (tertiary/aromatic N) is 3. The molecule has 0 amide bonds. The van der Waals surface area contributed by atoms with E-state index in [1.165, 1.54) is 51.4 Å². The second-order valence-electron chi connectivity index (χ2n) is 6.85. The minimum Gasteiger partial charge on any atom is -0.353 e. The van der Waals surface area contributed by atoms with Crippen molar-refractivity contribution in [3.8, 4) is 0 Å². The number of anilines is 1. The van der Waals surface area contributed by atoms with Crippen molar-refractivity contribution >= 4 is 17.7 Å². The van der Waals surface area contributed by atoms with Gasteiger partial charge in [0.15, 0.2) is 5.16 Å². The van der Waals surface area contributed by atoms with Crippen molar-refractivity contribution in [2.24, 2.45) is 0 Å². The molecule has 0 spiro atoms. The Morgan fingerprint density at radius 3 is 2.24 bits per heavy atom. The molecule has 0 bridgehead atoms. The lowest BCUT2D eigenvalue weighted by Crippen LogP contribution is -2.28. The summed E-state index contributed by atoms with van der Waals surface area (Å²) in [6.45, 7) is 10.2. The lowest BCUT2D eigenvalue weighted by Gasteiger charge is -2.10. The molecule has 0 atom stereocenters. The highest BCUT2D eigenvalue weighted by molar-refractivity contribution is 7.99. The first-order chi connectivity index (χ1) is 12.1. The predicted molar refractivity (Wildman–Crippen MR) is 110 cm³/mol. The number of aromatic nitrogens is 3. The molecule has 0 aliphatic heterocycles. The Bertz CT molecular complexity index is 453. The summed E-state index contributed by atoms with van der Waals surface area (Å²) in [5.74, 6) is 2.57. The number of rotatable bonds is 15. The molecule has 0 aromatic carbocycles. The zero-order valence-corrected chi connectivity index (χ0v) is 17.4. The van der Waals surface area contributed by atoms with Crippen LogP contribution in [0.25, 0.3) is 0 Å². The number of unbranched alkanes of at least 4 members (excludes halogenated alkanes) is 7. The summed E-state index contributed by atoms with van der Waals surface area (Å²) in [6, 6.07) is 0.500. The van der Waals surface area contributed by atoms with Gasteiger partial charge in [-0.15, -0.1) is 0 Å². The smallest absolute Gasteiger partial charge is 0.226 e. The SMILES string of the molecule is CCCCCCCCCCSc1nc(C)nc(NCCNC(C)C)n1. The minimum atomic E-state index is 0.500. The van der Waals surface area contributed by atoms with Crippen LogP contribution < -0.4 is 10.6 Å². The van der Waals surface area contributed by atoms with Crippen molar-refractivity contribution in [2.75, 3.05) is 24.2 Å². The van der Waals surface area contributed by atoms with Gasteiger partial charge >= 0.3 is 0 Å². The van der Waals surface area contributed by atoms with Crippen LogP contribution in [-0.2, 0) is 0 Å². The number of aryl methyl sites for hydroxylation is 1. The average Bonchev–Trinajstić information content (AvgIpc) is 2.57. The first-order valence-electron chi connectivity index (χ1n) is 9.94. The van der Waals surface area contributed by atoms with Gasteiger partial charge in [0.2, 0.25) is 5.95 Å². The van der Waals surface area contributed by atoms with Gasteiger partial charge in [0.25, 0.3) is 0 Å². The lowest BCUT2D eigenvalue weighted by molar-refractivity contribution is 0.586. The monoisotopic (exact) mass is 367 g/mol. The van der Waals surface area contributed by atoms with E-state index in [0.717, 1.165) is 29.8 Å². The summed E-state index contributed by atoms with van der Waals surface area (Å²) >= 11 is 1.75. The van der Waals surface area contributed by atoms with Crippen LogP contribution in [-0.4, -0.2) is 39.8 Å². The molecule has 6 heteroatoms. The Balaban J connectivity index is 2.18.